The van der Waals surface area contributed by atoms with Gasteiger partial charge in [-0.3, -0.25) is 4.99 Å². The monoisotopic (exact) mass is 230 g/mol. The summed E-state index contributed by atoms with van der Waals surface area (Å²) in [4.78, 5) is 6.40. The van der Waals surface area contributed by atoms with E-state index in [-0.39, 0.29) is 0 Å². The van der Waals surface area contributed by atoms with E-state index in [2.05, 4.69) is 34.5 Å². The van der Waals surface area contributed by atoms with Gasteiger partial charge >= 0.3 is 0 Å². The lowest BCUT2D eigenvalue weighted by Crippen LogP contribution is -2.41. The molecule has 0 spiro atoms. The highest BCUT2D eigenvalue weighted by Gasteiger charge is 1.97. The molecule has 0 amide bonds. The Balaban J connectivity index is 3.52. The molecular formula is C11H26N4O. The molecule has 96 valence electrons. The average Bonchev–Trinajstić information content (AvgIpc) is 2.31. The van der Waals surface area contributed by atoms with Gasteiger partial charge in [-0.15, -0.1) is 0 Å². The summed E-state index contributed by atoms with van der Waals surface area (Å²) < 4.78 is 4.98. The molecule has 16 heavy (non-hydrogen) atoms. The molecule has 0 bridgehead atoms. The van der Waals surface area contributed by atoms with E-state index in [9.17, 15) is 0 Å². The molecule has 0 atom stereocenters. The molecule has 0 fully saturated rings. The minimum atomic E-state index is 0.780. The number of nitrogens with zero attached hydrogens (tertiary/aromatic N) is 2. The molecular weight excluding hydrogens is 204 g/mol. The van der Waals surface area contributed by atoms with Crippen LogP contribution in [0, 0.1) is 0 Å². The van der Waals surface area contributed by atoms with E-state index in [1.54, 1.807) is 14.2 Å². The summed E-state index contributed by atoms with van der Waals surface area (Å²) in [6, 6.07) is 0. The number of likely N-dealkylation sites (N-methyl/N-ethyl adjacent to an activating group) is 1. The van der Waals surface area contributed by atoms with Crippen molar-refractivity contribution >= 4 is 5.96 Å². The maximum Gasteiger partial charge on any atom is 0.191 e. The van der Waals surface area contributed by atoms with E-state index < -0.39 is 0 Å². The van der Waals surface area contributed by atoms with Crippen molar-refractivity contribution in [2.45, 2.75) is 13.3 Å². The van der Waals surface area contributed by atoms with Gasteiger partial charge in [0.15, 0.2) is 5.96 Å². The quantitative estimate of drug-likeness (QED) is 0.354. The van der Waals surface area contributed by atoms with Crippen molar-refractivity contribution < 1.29 is 4.74 Å². The van der Waals surface area contributed by atoms with Gasteiger partial charge in [0, 0.05) is 40.4 Å². The topological polar surface area (TPSA) is 48.9 Å². The van der Waals surface area contributed by atoms with Crippen LogP contribution in [-0.2, 0) is 4.74 Å². The Labute approximate surface area is 99.3 Å². The molecule has 0 aromatic heterocycles. The lowest BCUT2D eigenvalue weighted by molar-refractivity contribution is 0.195. The van der Waals surface area contributed by atoms with Gasteiger partial charge in [0.25, 0.3) is 0 Å². The smallest absolute Gasteiger partial charge is 0.191 e. The van der Waals surface area contributed by atoms with Gasteiger partial charge in [0.05, 0.1) is 0 Å². The van der Waals surface area contributed by atoms with E-state index in [1.807, 2.05) is 0 Å². The van der Waals surface area contributed by atoms with Crippen molar-refractivity contribution in [1.82, 2.24) is 15.5 Å². The minimum absolute atomic E-state index is 0.780. The highest BCUT2D eigenvalue weighted by molar-refractivity contribution is 5.79. The van der Waals surface area contributed by atoms with Crippen molar-refractivity contribution in [2.24, 2.45) is 4.99 Å². The van der Waals surface area contributed by atoms with E-state index in [0.29, 0.717) is 0 Å². The predicted octanol–water partition coefficient (Wildman–Crippen LogP) is 0.140. The fourth-order valence-electron chi connectivity index (χ4n) is 1.17. The molecule has 5 heteroatoms. The van der Waals surface area contributed by atoms with Gasteiger partial charge in [0.2, 0.25) is 0 Å². The van der Waals surface area contributed by atoms with Gasteiger partial charge in [-0.2, -0.15) is 0 Å². The average molecular weight is 230 g/mol. The van der Waals surface area contributed by atoms with Crippen LogP contribution >= 0.6 is 0 Å². The summed E-state index contributed by atoms with van der Waals surface area (Å²) in [5.74, 6) is 0.862. The molecule has 0 aromatic rings. The van der Waals surface area contributed by atoms with Gasteiger partial charge in [-0.05, 0) is 20.0 Å². The standard InChI is InChI=1S/C11H26N4O/c1-5-15(3)9-8-14-11(12-2)13-7-6-10-16-4/h5-10H2,1-4H3,(H2,12,13,14). The first-order valence-electron chi connectivity index (χ1n) is 5.86. The molecule has 0 rings (SSSR count). The Morgan fingerprint density at radius 3 is 2.56 bits per heavy atom. The molecule has 0 heterocycles. The number of methoxy groups -OCH3 is 1. The van der Waals surface area contributed by atoms with Crippen LogP contribution in [0.15, 0.2) is 4.99 Å². The Kier molecular flexibility index (Phi) is 10.2. The summed E-state index contributed by atoms with van der Waals surface area (Å²) in [5.41, 5.74) is 0. The third kappa shape index (κ3) is 8.49. The van der Waals surface area contributed by atoms with E-state index in [4.69, 9.17) is 4.74 Å². The zero-order valence-electron chi connectivity index (χ0n) is 11.0. The number of ether oxygens (including phenoxy) is 1. The number of guanidine groups is 1. The molecule has 0 radical (unpaired) electrons. The summed E-state index contributed by atoms with van der Waals surface area (Å²) in [5, 5.41) is 6.50. The Bertz CT molecular complexity index is 185. The second-order valence-electron chi connectivity index (χ2n) is 3.67. The van der Waals surface area contributed by atoms with Crippen LogP contribution in [0.3, 0.4) is 0 Å². The molecule has 0 aliphatic carbocycles. The Morgan fingerprint density at radius 2 is 2.00 bits per heavy atom. The number of aliphatic imine (C=N–C) groups is 1. The zero-order chi connectivity index (χ0) is 12.2. The molecule has 0 aliphatic heterocycles. The van der Waals surface area contributed by atoms with E-state index in [0.717, 1.165) is 45.2 Å². The summed E-state index contributed by atoms with van der Waals surface area (Å²) in [6.07, 6.45) is 0.992. The largest absolute Gasteiger partial charge is 0.385 e. The Morgan fingerprint density at radius 1 is 1.31 bits per heavy atom. The van der Waals surface area contributed by atoms with Crippen molar-refractivity contribution in [1.29, 1.82) is 0 Å². The molecule has 0 saturated heterocycles. The van der Waals surface area contributed by atoms with Crippen LogP contribution in [0.1, 0.15) is 13.3 Å². The second kappa shape index (κ2) is 10.7. The van der Waals surface area contributed by atoms with Gasteiger partial charge < -0.3 is 20.3 Å². The predicted molar refractivity (Wildman–Crippen MR) is 69.0 cm³/mol. The van der Waals surface area contributed by atoms with Crippen LogP contribution < -0.4 is 10.6 Å². The zero-order valence-corrected chi connectivity index (χ0v) is 11.0. The van der Waals surface area contributed by atoms with Gasteiger partial charge in [0.1, 0.15) is 0 Å². The van der Waals surface area contributed by atoms with Crippen molar-refractivity contribution in [2.75, 3.05) is 54.0 Å². The third-order valence-electron chi connectivity index (χ3n) is 2.37. The fourth-order valence-corrected chi connectivity index (χ4v) is 1.17. The normalized spacial score (nSPS) is 11.9. The van der Waals surface area contributed by atoms with Crippen LogP contribution in [-0.4, -0.2) is 64.9 Å². The first-order valence-corrected chi connectivity index (χ1v) is 5.86. The molecule has 0 saturated carbocycles. The van der Waals surface area contributed by atoms with Crippen molar-refractivity contribution in [3.05, 3.63) is 0 Å². The lowest BCUT2D eigenvalue weighted by Gasteiger charge is -2.16. The number of rotatable bonds is 8. The van der Waals surface area contributed by atoms with Crippen LogP contribution in [0.2, 0.25) is 0 Å². The van der Waals surface area contributed by atoms with Crippen LogP contribution in [0.25, 0.3) is 0 Å². The number of nitrogens with one attached hydrogen (secondary N) is 2. The molecule has 0 unspecified atom stereocenters. The van der Waals surface area contributed by atoms with E-state index >= 15 is 0 Å². The van der Waals surface area contributed by atoms with Gasteiger partial charge in [-0.1, -0.05) is 6.92 Å². The SMILES string of the molecule is CCN(C)CCNC(=NC)NCCCOC. The first-order chi connectivity index (χ1) is 7.74. The maximum atomic E-state index is 4.98. The molecule has 0 aromatic carbocycles. The number of hydrogen-bond acceptors (Lipinski definition) is 3. The van der Waals surface area contributed by atoms with Gasteiger partial charge in [-0.25, -0.2) is 0 Å². The maximum absolute atomic E-state index is 4.98. The summed E-state index contributed by atoms with van der Waals surface area (Å²) in [6.45, 7) is 6.82. The molecule has 0 aliphatic rings. The summed E-state index contributed by atoms with van der Waals surface area (Å²) >= 11 is 0. The fraction of sp³-hybridized carbons (Fsp3) is 0.909. The minimum Gasteiger partial charge on any atom is -0.385 e. The molecule has 5 nitrogen and oxygen atoms in total. The Hall–Kier alpha value is -0.810. The highest BCUT2D eigenvalue weighted by Crippen LogP contribution is 1.80. The van der Waals surface area contributed by atoms with Crippen LogP contribution in [0.5, 0.6) is 0 Å². The number of hydrogen-bond donors (Lipinski definition) is 2. The second-order valence-corrected chi connectivity index (χ2v) is 3.67. The van der Waals surface area contributed by atoms with Crippen molar-refractivity contribution in [3.8, 4) is 0 Å². The lowest BCUT2D eigenvalue weighted by atomic mass is 10.4. The molecule has 2 N–H and O–H groups in total. The highest BCUT2D eigenvalue weighted by atomic mass is 16.5. The van der Waals surface area contributed by atoms with Crippen LogP contribution in [0.4, 0.5) is 0 Å². The van der Waals surface area contributed by atoms with E-state index in [1.165, 1.54) is 0 Å². The summed E-state index contributed by atoms with van der Waals surface area (Å²) in [7, 11) is 5.61. The van der Waals surface area contributed by atoms with Crippen molar-refractivity contribution in [3.63, 3.8) is 0 Å². The first kappa shape index (κ1) is 15.2. The third-order valence-corrected chi connectivity index (χ3v) is 2.37.